The van der Waals surface area contributed by atoms with Crippen LogP contribution in [0.25, 0.3) is 0 Å². The number of amides is 3. The van der Waals surface area contributed by atoms with Crippen molar-refractivity contribution in [1.82, 2.24) is 14.1 Å². The van der Waals surface area contributed by atoms with Crippen molar-refractivity contribution in [3.8, 4) is 0 Å². The van der Waals surface area contributed by atoms with Crippen molar-refractivity contribution in [3.63, 3.8) is 0 Å². The molecule has 0 saturated carbocycles. The molecule has 3 amide bonds. The minimum atomic E-state index is -3.58. The molecule has 0 spiro atoms. The van der Waals surface area contributed by atoms with E-state index >= 15 is 0 Å². The third kappa shape index (κ3) is 3.34. The third-order valence-corrected chi connectivity index (χ3v) is 8.80. The Labute approximate surface area is 178 Å². The maximum Gasteiger partial charge on any atom is 0.262 e. The van der Waals surface area contributed by atoms with E-state index < -0.39 is 27.9 Å². The van der Waals surface area contributed by atoms with Crippen LogP contribution in [0.2, 0.25) is 0 Å². The average Bonchev–Trinajstić information content (AvgIpc) is 3.29. The summed E-state index contributed by atoms with van der Waals surface area (Å²) in [5.41, 5.74) is 0.591. The van der Waals surface area contributed by atoms with Crippen molar-refractivity contribution in [2.24, 2.45) is 0 Å². The number of sulfonamides is 1. The molecule has 2 aliphatic heterocycles. The summed E-state index contributed by atoms with van der Waals surface area (Å²) in [5.74, 6) is -1.33. The Balaban J connectivity index is 1.44. The van der Waals surface area contributed by atoms with Crippen LogP contribution in [0.4, 0.5) is 0 Å². The molecular formula is C20H21N3O5S2. The zero-order valence-corrected chi connectivity index (χ0v) is 18.2. The molecule has 2 aliphatic rings. The fraction of sp³-hybridized carbons (Fsp3) is 0.350. The van der Waals surface area contributed by atoms with Crippen molar-refractivity contribution in [3.05, 3.63) is 52.4 Å². The van der Waals surface area contributed by atoms with Gasteiger partial charge in [0.2, 0.25) is 5.91 Å². The Morgan fingerprint density at radius 3 is 2.03 bits per heavy atom. The molecule has 0 aliphatic carbocycles. The number of imide groups is 1. The van der Waals surface area contributed by atoms with Gasteiger partial charge >= 0.3 is 0 Å². The molecule has 0 N–H and O–H groups in total. The number of benzene rings is 1. The van der Waals surface area contributed by atoms with Crippen molar-refractivity contribution >= 4 is 39.1 Å². The number of carbonyl (C=O) groups is 3. The van der Waals surface area contributed by atoms with Gasteiger partial charge in [0.25, 0.3) is 21.8 Å². The Hall–Kier alpha value is -2.56. The van der Waals surface area contributed by atoms with Gasteiger partial charge in [-0.25, -0.2) is 8.42 Å². The summed E-state index contributed by atoms with van der Waals surface area (Å²) < 4.78 is 27.2. The fourth-order valence-electron chi connectivity index (χ4n) is 3.76. The Morgan fingerprint density at radius 1 is 0.967 bits per heavy atom. The minimum Gasteiger partial charge on any atom is -0.338 e. The van der Waals surface area contributed by atoms with Crippen LogP contribution in [0.15, 0.2) is 40.6 Å². The highest BCUT2D eigenvalue weighted by Gasteiger charge is 2.42. The van der Waals surface area contributed by atoms with E-state index in [2.05, 4.69) is 0 Å². The molecule has 1 aromatic carbocycles. The smallest absolute Gasteiger partial charge is 0.262 e. The maximum atomic E-state index is 13.0. The van der Waals surface area contributed by atoms with E-state index in [1.54, 1.807) is 36.4 Å². The van der Waals surface area contributed by atoms with Crippen LogP contribution in [-0.4, -0.2) is 72.5 Å². The van der Waals surface area contributed by atoms with Gasteiger partial charge in [0, 0.05) is 31.1 Å². The number of aryl methyl sites for hydroxylation is 1. The molecule has 30 heavy (non-hydrogen) atoms. The quantitative estimate of drug-likeness (QED) is 0.663. The lowest BCUT2D eigenvalue weighted by Gasteiger charge is -2.36. The third-order valence-electron chi connectivity index (χ3n) is 5.43. The van der Waals surface area contributed by atoms with Crippen LogP contribution in [-0.2, 0) is 14.8 Å². The molecule has 10 heteroatoms. The van der Waals surface area contributed by atoms with Crippen molar-refractivity contribution < 1.29 is 22.8 Å². The van der Waals surface area contributed by atoms with Gasteiger partial charge in [-0.05, 0) is 38.1 Å². The minimum absolute atomic E-state index is 0.167. The van der Waals surface area contributed by atoms with Crippen LogP contribution in [0.3, 0.4) is 0 Å². The summed E-state index contributed by atoms with van der Waals surface area (Å²) in [6.45, 7) is 4.12. The van der Waals surface area contributed by atoms with Crippen LogP contribution in [0, 0.1) is 6.92 Å². The van der Waals surface area contributed by atoms with E-state index in [1.165, 1.54) is 27.5 Å². The molecule has 4 rings (SSSR count). The number of piperazine rings is 1. The molecule has 0 unspecified atom stereocenters. The fourth-order valence-corrected chi connectivity index (χ4v) is 6.62. The highest BCUT2D eigenvalue weighted by Crippen LogP contribution is 2.27. The van der Waals surface area contributed by atoms with E-state index in [9.17, 15) is 22.8 Å². The Morgan fingerprint density at radius 2 is 1.53 bits per heavy atom. The van der Waals surface area contributed by atoms with E-state index in [0.29, 0.717) is 15.3 Å². The SMILES string of the molecule is Cc1ccc(S(=O)(=O)N2CCN(C(=O)[C@H](C)N3C(=O)c4ccccc4C3=O)CC2)s1. The van der Waals surface area contributed by atoms with Crippen LogP contribution < -0.4 is 0 Å². The summed E-state index contributed by atoms with van der Waals surface area (Å²) in [5, 5.41) is 0. The predicted molar refractivity (Wildman–Crippen MR) is 111 cm³/mol. The first-order chi connectivity index (χ1) is 14.2. The highest BCUT2D eigenvalue weighted by molar-refractivity contribution is 7.91. The molecule has 3 heterocycles. The number of nitrogens with zero attached hydrogens (tertiary/aromatic N) is 3. The van der Waals surface area contributed by atoms with Gasteiger partial charge in [-0.15, -0.1) is 11.3 Å². The summed E-state index contributed by atoms with van der Waals surface area (Å²) in [7, 11) is -3.58. The van der Waals surface area contributed by atoms with E-state index in [1.807, 2.05) is 6.92 Å². The highest BCUT2D eigenvalue weighted by atomic mass is 32.2. The lowest BCUT2D eigenvalue weighted by molar-refractivity contribution is -0.136. The number of carbonyl (C=O) groups excluding carboxylic acids is 3. The van der Waals surface area contributed by atoms with Crippen LogP contribution in [0.5, 0.6) is 0 Å². The van der Waals surface area contributed by atoms with Crippen LogP contribution >= 0.6 is 11.3 Å². The maximum absolute atomic E-state index is 13.0. The normalized spacial score (nSPS) is 18.6. The van der Waals surface area contributed by atoms with Gasteiger partial charge in [0.05, 0.1) is 11.1 Å². The summed E-state index contributed by atoms with van der Waals surface area (Å²) >= 11 is 1.22. The number of rotatable bonds is 4. The molecule has 158 valence electrons. The molecule has 0 radical (unpaired) electrons. The van der Waals surface area contributed by atoms with Crippen molar-refractivity contribution in [2.75, 3.05) is 26.2 Å². The molecule has 8 nitrogen and oxygen atoms in total. The summed E-state index contributed by atoms with van der Waals surface area (Å²) in [6.07, 6.45) is 0. The lowest BCUT2D eigenvalue weighted by atomic mass is 10.1. The molecule has 1 atom stereocenters. The monoisotopic (exact) mass is 447 g/mol. The van der Waals surface area contributed by atoms with Gasteiger partial charge in [-0.3, -0.25) is 19.3 Å². The van der Waals surface area contributed by atoms with Gasteiger partial charge in [-0.2, -0.15) is 4.31 Å². The molecule has 1 fully saturated rings. The van der Waals surface area contributed by atoms with Gasteiger partial charge in [0.1, 0.15) is 10.3 Å². The second-order valence-corrected chi connectivity index (χ2v) is 10.7. The molecule has 2 aromatic rings. The summed E-state index contributed by atoms with van der Waals surface area (Å²) in [6, 6.07) is 8.90. The standard InChI is InChI=1S/C20H21N3O5S2/c1-13-7-8-17(29-13)30(27,28)22-11-9-21(10-12-22)18(24)14(2)23-19(25)15-5-3-4-6-16(15)20(23)26/h3-8,14H,9-12H2,1-2H3/t14-/m0/s1. The average molecular weight is 448 g/mol. The second-order valence-electron chi connectivity index (χ2n) is 7.30. The Bertz CT molecular complexity index is 1100. The largest absolute Gasteiger partial charge is 0.338 e. The van der Waals surface area contributed by atoms with E-state index in [-0.39, 0.29) is 32.1 Å². The zero-order valence-electron chi connectivity index (χ0n) is 16.6. The number of fused-ring (bicyclic) bond motifs is 1. The molecule has 1 saturated heterocycles. The van der Waals surface area contributed by atoms with Crippen molar-refractivity contribution in [1.29, 1.82) is 0 Å². The summed E-state index contributed by atoms with van der Waals surface area (Å²) in [4.78, 5) is 41.6. The van der Waals surface area contributed by atoms with Gasteiger partial charge < -0.3 is 4.90 Å². The van der Waals surface area contributed by atoms with Gasteiger partial charge in [0.15, 0.2) is 0 Å². The molecule has 1 aromatic heterocycles. The van der Waals surface area contributed by atoms with E-state index in [0.717, 1.165) is 9.78 Å². The lowest BCUT2D eigenvalue weighted by Crippen LogP contribution is -2.55. The first kappa shape index (κ1) is 20.7. The number of hydrogen-bond acceptors (Lipinski definition) is 6. The Kier molecular flexibility index (Phi) is 5.25. The predicted octanol–water partition coefficient (Wildman–Crippen LogP) is 1.57. The topological polar surface area (TPSA) is 95.1 Å². The zero-order chi connectivity index (χ0) is 21.6. The van der Waals surface area contributed by atoms with E-state index in [4.69, 9.17) is 0 Å². The molecular weight excluding hydrogens is 426 g/mol. The second kappa shape index (κ2) is 7.60. The van der Waals surface area contributed by atoms with Gasteiger partial charge in [-0.1, -0.05) is 12.1 Å². The first-order valence-electron chi connectivity index (χ1n) is 9.54. The van der Waals surface area contributed by atoms with Crippen LogP contribution in [0.1, 0.15) is 32.5 Å². The van der Waals surface area contributed by atoms with Crippen molar-refractivity contribution in [2.45, 2.75) is 24.1 Å². The molecule has 0 bridgehead atoms. The first-order valence-corrected chi connectivity index (χ1v) is 11.8. The number of thiophene rings is 1. The number of hydrogen-bond donors (Lipinski definition) is 0.